The molecule has 0 aliphatic carbocycles. The number of carboxylic acids is 1. The maximum atomic E-state index is 11.5. The second-order valence-electron chi connectivity index (χ2n) is 5.10. The maximum Gasteiger partial charge on any atom is 0.346 e. The van der Waals surface area contributed by atoms with Crippen molar-refractivity contribution in [2.45, 2.75) is 19.3 Å². The zero-order valence-corrected chi connectivity index (χ0v) is 11.9. The zero-order valence-electron chi connectivity index (χ0n) is 11.1. The van der Waals surface area contributed by atoms with Crippen LogP contribution in [0.15, 0.2) is 24.3 Å². The van der Waals surface area contributed by atoms with Crippen molar-refractivity contribution in [1.29, 1.82) is 0 Å². The summed E-state index contributed by atoms with van der Waals surface area (Å²) in [4.78, 5) is 25.2. The lowest BCUT2D eigenvalue weighted by molar-refractivity contribution is -0.127. The first-order chi connectivity index (χ1) is 9.58. The molecule has 20 heavy (non-hydrogen) atoms. The van der Waals surface area contributed by atoms with Crippen molar-refractivity contribution < 1.29 is 14.7 Å². The summed E-state index contributed by atoms with van der Waals surface area (Å²) in [5, 5.41) is 10.5. The van der Waals surface area contributed by atoms with Crippen molar-refractivity contribution >= 4 is 33.3 Å². The Bertz CT molecular complexity index is 691. The predicted octanol–water partition coefficient (Wildman–Crippen LogP) is 2.94. The van der Waals surface area contributed by atoms with E-state index in [0.29, 0.717) is 18.0 Å². The van der Waals surface area contributed by atoms with Gasteiger partial charge in [-0.2, -0.15) is 0 Å². The average molecular weight is 289 g/mol. The lowest BCUT2D eigenvalue weighted by Gasteiger charge is -2.14. The van der Waals surface area contributed by atoms with Crippen LogP contribution in [-0.2, 0) is 4.79 Å². The minimum atomic E-state index is -0.873. The Morgan fingerprint density at radius 2 is 2.10 bits per heavy atom. The number of carbonyl (C=O) groups excluding carboxylic acids is 1. The maximum absolute atomic E-state index is 11.5. The van der Waals surface area contributed by atoms with Crippen molar-refractivity contribution in [1.82, 2.24) is 4.90 Å². The highest BCUT2D eigenvalue weighted by Crippen LogP contribution is 2.40. The Morgan fingerprint density at radius 3 is 2.75 bits per heavy atom. The first-order valence-corrected chi connectivity index (χ1v) is 7.40. The van der Waals surface area contributed by atoms with E-state index in [9.17, 15) is 14.7 Å². The number of thiophene rings is 1. The largest absolute Gasteiger partial charge is 0.477 e. The highest BCUT2D eigenvalue weighted by molar-refractivity contribution is 7.21. The molecule has 0 saturated carbocycles. The number of carboxylic acid groups (broad SMARTS) is 1. The van der Waals surface area contributed by atoms with Gasteiger partial charge in [0.2, 0.25) is 5.91 Å². The van der Waals surface area contributed by atoms with E-state index in [0.717, 1.165) is 22.1 Å². The summed E-state index contributed by atoms with van der Waals surface area (Å²) >= 11 is 1.33. The highest BCUT2D eigenvalue weighted by atomic mass is 32.1. The third-order valence-corrected chi connectivity index (χ3v) is 5.04. The first kappa shape index (κ1) is 13.1. The molecule has 0 unspecified atom stereocenters. The average Bonchev–Trinajstić information content (AvgIpc) is 3.02. The van der Waals surface area contributed by atoms with E-state index < -0.39 is 5.97 Å². The molecule has 1 N–H and O–H groups in total. The molecular weight excluding hydrogens is 274 g/mol. The van der Waals surface area contributed by atoms with Gasteiger partial charge in [0.25, 0.3) is 0 Å². The molecule has 3 rings (SSSR count). The van der Waals surface area contributed by atoms with Crippen molar-refractivity contribution in [3.8, 4) is 0 Å². The summed E-state index contributed by atoms with van der Waals surface area (Å²) in [6.45, 7) is 2.89. The normalized spacial score (nSPS) is 18.6. The van der Waals surface area contributed by atoms with Gasteiger partial charge in [0, 0.05) is 30.6 Å². The summed E-state index contributed by atoms with van der Waals surface area (Å²) < 4.78 is 1.00. The third kappa shape index (κ3) is 2.08. The zero-order chi connectivity index (χ0) is 14.3. The molecule has 1 fully saturated rings. The molecule has 0 spiro atoms. The Morgan fingerprint density at radius 1 is 1.35 bits per heavy atom. The Kier molecular flexibility index (Phi) is 3.22. The Hall–Kier alpha value is -1.88. The van der Waals surface area contributed by atoms with Crippen molar-refractivity contribution in [2.24, 2.45) is 0 Å². The predicted molar refractivity (Wildman–Crippen MR) is 78.4 cm³/mol. The number of carbonyl (C=O) groups is 2. The van der Waals surface area contributed by atoms with Crippen molar-refractivity contribution in [3.05, 3.63) is 34.7 Å². The topological polar surface area (TPSA) is 57.6 Å². The number of likely N-dealkylation sites (tertiary alicyclic amines) is 1. The van der Waals surface area contributed by atoms with E-state index in [-0.39, 0.29) is 11.8 Å². The van der Waals surface area contributed by atoms with Gasteiger partial charge >= 0.3 is 5.97 Å². The van der Waals surface area contributed by atoms with Gasteiger partial charge < -0.3 is 10.0 Å². The number of aromatic carboxylic acids is 1. The minimum absolute atomic E-state index is 0.0592. The number of nitrogens with zero attached hydrogens (tertiary/aromatic N) is 1. The van der Waals surface area contributed by atoms with Crippen LogP contribution in [0.2, 0.25) is 0 Å². The van der Waals surface area contributed by atoms with E-state index in [2.05, 4.69) is 0 Å². The quantitative estimate of drug-likeness (QED) is 0.924. The van der Waals surface area contributed by atoms with Crippen molar-refractivity contribution in [3.63, 3.8) is 0 Å². The van der Waals surface area contributed by atoms with Crippen LogP contribution in [0.4, 0.5) is 0 Å². The molecule has 2 aromatic rings. The molecular formula is C15H15NO3S. The summed E-state index contributed by atoms with van der Waals surface area (Å²) in [6.07, 6.45) is 0.834. The fourth-order valence-electron chi connectivity index (χ4n) is 2.91. The van der Waals surface area contributed by atoms with Gasteiger partial charge in [-0.05, 0) is 23.4 Å². The summed E-state index contributed by atoms with van der Waals surface area (Å²) in [6, 6.07) is 7.78. The van der Waals surface area contributed by atoms with Gasteiger partial charge in [0.05, 0.1) is 0 Å². The van der Waals surface area contributed by atoms with E-state index in [1.54, 1.807) is 11.8 Å². The number of benzene rings is 1. The number of hydrogen-bond donors (Lipinski definition) is 1. The van der Waals surface area contributed by atoms with Crippen LogP contribution in [0.1, 0.15) is 34.5 Å². The van der Waals surface area contributed by atoms with E-state index in [4.69, 9.17) is 0 Å². The fraction of sp³-hybridized carbons (Fsp3) is 0.333. The number of rotatable bonds is 2. The van der Waals surface area contributed by atoms with Gasteiger partial charge in [-0.25, -0.2) is 4.79 Å². The molecule has 104 valence electrons. The molecule has 5 heteroatoms. The van der Waals surface area contributed by atoms with Crippen LogP contribution in [0.25, 0.3) is 10.1 Å². The van der Waals surface area contributed by atoms with Crippen LogP contribution >= 0.6 is 11.3 Å². The smallest absolute Gasteiger partial charge is 0.346 e. The SMILES string of the molecule is CC(=O)N1CC[C@H](c2c(C(=O)O)sc3ccccc23)C1. The minimum Gasteiger partial charge on any atom is -0.477 e. The second-order valence-corrected chi connectivity index (χ2v) is 6.15. The summed E-state index contributed by atoms with van der Waals surface area (Å²) in [5.41, 5.74) is 0.904. The number of fused-ring (bicyclic) bond motifs is 1. The van der Waals surface area contributed by atoms with Crippen LogP contribution < -0.4 is 0 Å². The fourth-order valence-corrected chi connectivity index (χ4v) is 4.04. The highest BCUT2D eigenvalue weighted by Gasteiger charge is 2.31. The van der Waals surface area contributed by atoms with Gasteiger partial charge in [-0.1, -0.05) is 18.2 Å². The summed E-state index contributed by atoms with van der Waals surface area (Å²) in [5.74, 6) is -0.687. The summed E-state index contributed by atoms with van der Waals surface area (Å²) in [7, 11) is 0. The van der Waals surface area contributed by atoms with E-state index >= 15 is 0 Å². The van der Waals surface area contributed by atoms with Gasteiger partial charge in [0.15, 0.2) is 0 Å². The molecule has 1 aliphatic rings. The first-order valence-electron chi connectivity index (χ1n) is 6.58. The molecule has 1 aromatic heterocycles. The molecule has 1 aromatic carbocycles. The molecule has 4 nitrogen and oxygen atoms in total. The van der Waals surface area contributed by atoms with Crippen LogP contribution in [0, 0.1) is 0 Å². The van der Waals surface area contributed by atoms with Crippen LogP contribution in [0.5, 0.6) is 0 Å². The van der Waals surface area contributed by atoms with Crippen LogP contribution in [0.3, 0.4) is 0 Å². The second kappa shape index (κ2) is 4.90. The van der Waals surface area contributed by atoms with E-state index in [1.165, 1.54) is 11.3 Å². The molecule has 1 atom stereocenters. The monoisotopic (exact) mass is 289 g/mol. The molecule has 2 heterocycles. The van der Waals surface area contributed by atoms with Crippen molar-refractivity contribution in [2.75, 3.05) is 13.1 Å². The lowest BCUT2D eigenvalue weighted by atomic mass is 9.95. The van der Waals surface area contributed by atoms with Gasteiger partial charge in [-0.3, -0.25) is 4.79 Å². The molecule has 1 amide bonds. The van der Waals surface area contributed by atoms with Crippen LogP contribution in [-0.4, -0.2) is 35.0 Å². The number of amides is 1. The Balaban J connectivity index is 2.08. The molecule has 0 bridgehead atoms. The Labute approximate surface area is 120 Å². The molecule has 0 radical (unpaired) electrons. The van der Waals surface area contributed by atoms with Gasteiger partial charge in [0.1, 0.15) is 4.88 Å². The molecule has 1 saturated heterocycles. The van der Waals surface area contributed by atoms with E-state index in [1.807, 2.05) is 24.3 Å². The third-order valence-electron chi connectivity index (χ3n) is 3.87. The lowest BCUT2D eigenvalue weighted by Crippen LogP contribution is -2.25. The molecule has 1 aliphatic heterocycles. The number of hydrogen-bond acceptors (Lipinski definition) is 3. The standard InChI is InChI=1S/C15H15NO3S/c1-9(17)16-7-6-10(8-16)13-11-4-2-3-5-12(11)20-14(13)15(18)19/h2-5,10H,6-8H2,1H3,(H,18,19)/t10-/m0/s1. The van der Waals surface area contributed by atoms with Gasteiger partial charge in [-0.15, -0.1) is 11.3 Å².